The normalized spacial score (nSPS) is 11.7. The molecule has 0 aliphatic rings. The largest absolute Gasteiger partial charge is 0.450 e. The molecule has 1 atom stereocenters. The van der Waals surface area contributed by atoms with Crippen LogP contribution in [0.2, 0.25) is 0 Å². The van der Waals surface area contributed by atoms with Crippen molar-refractivity contribution in [3.8, 4) is 0 Å². The van der Waals surface area contributed by atoms with Crippen molar-refractivity contribution in [3.05, 3.63) is 35.4 Å². The second kappa shape index (κ2) is 11.2. The van der Waals surface area contributed by atoms with E-state index in [1.165, 1.54) is 12.1 Å². The molecule has 1 rings (SSSR count). The minimum atomic E-state index is -0.595. The molecule has 0 aromatic heterocycles. The van der Waals surface area contributed by atoms with Crippen LogP contribution in [0.25, 0.3) is 0 Å². The van der Waals surface area contributed by atoms with E-state index >= 15 is 0 Å². The molecular formula is C16H25ClF2N2O2. The highest BCUT2D eigenvalue weighted by atomic mass is 35.5. The molecule has 1 amide bonds. The van der Waals surface area contributed by atoms with Gasteiger partial charge in [-0.1, -0.05) is 19.9 Å². The Labute approximate surface area is 142 Å². The molecule has 0 aliphatic heterocycles. The minimum absolute atomic E-state index is 0. The van der Waals surface area contributed by atoms with Crippen LogP contribution in [0.3, 0.4) is 0 Å². The number of alkyl carbamates (subject to hydrolysis) is 1. The topological polar surface area (TPSA) is 50.4 Å². The number of amides is 1. The van der Waals surface area contributed by atoms with Gasteiger partial charge in [-0.2, -0.15) is 0 Å². The molecular weight excluding hydrogens is 326 g/mol. The van der Waals surface area contributed by atoms with Crippen molar-refractivity contribution in [1.82, 2.24) is 10.6 Å². The molecule has 0 radical (unpaired) electrons. The molecule has 0 fully saturated rings. The molecule has 0 heterocycles. The summed E-state index contributed by atoms with van der Waals surface area (Å²) in [7, 11) is 0. The fourth-order valence-electron chi connectivity index (χ4n) is 2.15. The zero-order valence-electron chi connectivity index (χ0n) is 13.7. The maximum absolute atomic E-state index is 13.5. The Bertz CT molecular complexity index is 487. The number of carbonyl (C=O) groups excluding carboxylic acids is 1. The van der Waals surface area contributed by atoms with Gasteiger partial charge >= 0.3 is 6.09 Å². The van der Waals surface area contributed by atoms with E-state index in [1.54, 1.807) is 6.92 Å². The van der Waals surface area contributed by atoms with Crippen molar-refractivity contribution in [2.24, 2.45) is 5.92 Å². The number of carbonyl (C=O) groups is 1. The Kier molecular flexibility index (Phi) is 10.5. The second-order valence-electron chi connectivity index (χ2n) is 5.56. The fraction of sp³-hybridized carbons (Fsp3) is 0.562. The third-order valence-corrected chi connectivity index (χ3v) is 3.07. The van der Waals surface area contributed by atoms with Gasteiger partial charge in [0.2, 0.25) is 0 Å². The van der Waals surface area contributed by atoms with Crippen LogP contribution in [-0.4, -0.2) is 25.3 Å². The summed E-state index contributed by atoms with van der Waals surface area (Å²) in [4.78, 5) is 11.5. The summed E-state index contributed by atoms with van der Waals surface area (Å²) < 4.78 is 31.2. The summed E-state index contributed by atoms with van der Waals surface area (Å²) in [6.45, 7) is 6.92. The van der Waals surface area contributed by atoms with E-state index in [2.05, 4.69) is 24.5 Å². The molecule has 0 saturated carbocycles. The van der Waals surface area contributed by atoms with Gasteiger partial charge in [-0.3, -0.25) is 0 Å². The summed E-state index contributed by atoms with van der Waals surface area (Å²) in [5, 5.41) is 5.86. The van der Waals surface area contributed by atoms with Crippen molar-refractivity contribution in [3.63, 3.8) is 0 Å². The number of ether oxygens (including phenoxy) is 1. The zero-order chi connectivity index (χ0) is 16.5. The number of hydrogen-bond donors (Lipinski definition) is 2. The highest BCUT2D eigenvalue weighted by molar-refractivity contribution is 5.85. The van der Waals surface area contributed by atoms with Gasteiger partial charge in [-0.05, 0) is 25.3 Å². The van der Waals surface area contributed by atoms with Gasteiger partial charge in [-0.25, -0.2) is 13.6 Å². The van der Waals surface area contributed by atoms with Crippen LogP contribution in [0, 0.1) is 17.6 Å². The maximum Gasteiger partial charge on any atom is 0.407 e. The molecule has 132 valence electrons. The molecule has 1 aromatic carbocycles. The van der Waals surface area contributed by atoms with Gasteiger partial charge < -0.3 is 15.4 Å². The first kappa shape index (κ1) is 21.6. The standard InChI is InChI=1S/C16H24F2N2O2.ClH/c1-4-22-16(21)20-14(7-11(2)3)10-19-9-12-5-6-13(17)8-15(12)18;/h5-6,8,11,14,19H,4,7,9-10H2,1-3H3,(H,20,21);1H. The Morgan fingerprint density at radius 1 is 1.30 bits per heavy atom. The molecule has 2 N–H and O–H groups in total. The molecule has 0 saturated heterocycles. The average Bonchev–Trinajstić information content (AvgIpc) is 2.40. The van der Waals surface area contributed by atoms with E-state index in [9.17, 15) is 13.6 Å². The molecule has 0 bridgehead atoms. The first-order chi connectivity index (χ1) is 10.4. The lowest BCUT2D eigenvalue weighted by Gasteiger charge is -2.21. The monoisotopic (exact) mass is 350 g/mol. The van der Waals surface area contributed by atoms with Crippen LogP contribution >= 0.6 is 12.4 Å². The Morgan fingerprint density at radius 2 is 2.00 bits per heavy atom. The van der Waals surface area contributed by atoms with Crippen LogP contribution in [0.1, 0.15) is 32.8 Å². The lowest BCUT2D eigenvalue weighted by Crippen LogP contribution is -2.43. The molecule has 0 aliphatic carbocycles. The second-order valence-corrected chi connectivity index (χ2v) is 5.56. The van der Waals surface area contributed by atoms with Gasteiger partial charge in [0.25, 0.3) is 0 Å². The highest BCUT2D eigenvalue weighted by Crippen LogP contribution is 2.09. The summed E-state index contributed by atoms with van der Waals surface area (Å²) >= 11 is 0. The van der Waals surface area contributed by atoms with Crippen molar-refractivity contribution in [1.29, 1.82) is 0 Å². The van der Waals surface area contributed by atoms with Gasteiger partial charge in [0, 0.05) is 30.8 Å². The SMILES string of the molecule is CCOC(=O)NC(CNCc1ccc(F)cc1F)CC(C)C.Cl. The number of hydrogen-bond acceptors (Lipinski definition) is 3. The predicted octanol–water partition coefficient (Wildman–Crippen LogP) is 3.64. The highest BCUT2D eigenvalue weighted by Gasteiger charge is 2.14. The average molecular weight is 351 g/mol. The van der Waals surface area contributed by atoms with Crippen molar-refractivity contribution < 1.29 is 18.3 Å². The first-order valence-corrected chi connectivity index (χ1v) is 7.50. The lowest BCUT2D eigenvalue weighted by molar-refractivity contribution is 0.146. The number of rotatable bonds is 8. The summed E-state index contributed by atoms with van der Waals surface area (Å²) in [6.07, 6.45) is 0.320. The quantitative estimate of drug-likeness (QED) is 0.752. The van der Waals surface area contributed by atoms with Crippen molar-refractivity contribution >= 4 is 18.5 Å². The van der Waals surface area contributed by atoms with Crippen LogP contribution in [0.4, 0.5) is 13.6 Å². The third kappa shape index (κ3) is 8.71. The summed E-state index contributed by atoms with van der Waals surface area (Å²) in [6, 6.07) is 3.39. The lowest BCUT2D eigenvalue weighted by atomic mass is 10.0. The number of benzene rings is 1. The van der Waals surface area contributed by atoms with Crippen molar-refractivity contribution in [2.45, 2.75) is 39.8 Å². The predicted molar refractivity (Wildman–Crippen MR) is 88.7 cm³/mol. The maximum atomic E-state index is 13.5. The van der Waals surface area contributed by atoms with E-state index in [4.69, 9.17) is 4.74 Å². The molecule has 1 unspecified atom stereocenters. The first-order valence-electron chi connectivity index (χ1n) is 7.50. The summed E-state index contributed by atoms with van der Waals surface area (Å²) in [5.41, 5.74) is 0.390. The number of halogens is 3. The van der Waals surface area contributed by atoms with Gasteiger partial charge in [0.15, 0.2) is 0 Å². The van der Waals surface area contributed by atoms with Crippen LogP contribution in [0.15, 0.2) is 18.2 Å². The van der Waals surface area contributed by atoms with Gasteiger partial charge in [0.1, 0.15) is 11.6 Å². The van der Waals surface area contributed by atoms with E-state index in [0.29, 0.717) is 24.6 Å². The zero-order valence-corrected chi connectivity index (χ0v) is 14.5. The van der Waals surface area contributed by atoms with Crippen molar-refractivity contribution in [2.75, 3.05) is 13.2 Å². The van der Waals surface area contributed by atoms with Crippen LogP contribution in [0.5, 0.6) is 0 Å². The third-order valence-electron chi connectivity index (χ3n) is 3.07. The van der Waals surface area contributed by atoms with E-state index in [1.807, 2.05) is 0 Å². The van der Waals surface area contributed by atoms with Gasteiger partial charge in [-0.15, -0.1) is 12.4 Å². The molecule has 7 heteroatoms. The molecule has 4 nitrogen and oxygen atoms in total. The molecule has 0 spiro atoms. The molecule has 1 aromatic rings. The number of nitrogens with one attached hydrogen (secondary N) is 2. The van der Waals surface area contributed by atoms with Gasteiger partial charge in [0.05, 0.1) is 6.61 Å². The smallest absolute Gasteiger partial charge is 0.407 e. The summed E-state index contributed by atoms with van der Waals surface area (Å²) in [5.74, 6) is -0.773. The molecule has 23 heavy (non-hydrogen) atoms. The Hall–Kier alpha value is -1.40. The van der Waals surface area contributed by atoms with E-state index in [0.717, 1.165) is 12.5 Å². The van der Waals surface area contributed by atoms with E-state index in [-0.39, 0.29) is 25.0 Å². The fourth-order valence-corrected chi connectivity index (χ4v) is 2.15. The van der Waals surface area contributed by atoms with E-state index < -0.39 is 17.7 Å². The van der Waals surface area contributed by atoms with Crippen LogP contribution in [-0.2, 0) is 11.3 Å². The minimum Gasteiger partial charge on any atom is -0.450 e. The Balaban J connectivity index is 0.00000484. The van der Waals surface area contributed by atoms with Crippen LogP contribution < -0.4 is 10.6 Å². The Morgan fingerprint density at radius 3 is 2.57 bits per heavy atom.